The lowest BCUT2D eigenvalue weighted by Gasteiger charge is -2.19. The third-order valence-electron chi connectivity index (χ3n) is 4.27. The third-order valence-corrected chi connectivity index (χ3v) is 5.22. The van der Waals surface area contributed by atoms with Crippen LogP contribution < -0.4 is 4.87 Å². The van der Waals surface area contributed by atoms with Gasteiger partial charge in [0, 0.05) is 16.1 Å². The smallest absolute Gasteiger partial charge is 0.271 e. The minimum Gasteiger partial charge on any atom is -0.271 e. The van der Waals surface area contributed by atoms with E-state index in [2.05, 4.69) is 44.2 Å². The number of hydrogen-bond acceptors (Lipinski definition) is 2. The first kappa shape index (κ1) is 15.8. The zero-order valence-electron chi connectivity index (χ0n) is 14.0. The first-order chi connectivity index (χ1) is 11.0. The molecule has 1 heterocycles. The first-order valence-corrected chi connectivity index (χ1v) is 8.70. The molecule has 0 saturated heterocycles. The molecule has 0 N–H and O–H groups in total. The predicted molar refractivity (Wildman–Crippen MR) is 98.9 cm³/mol. The van der Waals surface area contributed by atoms with Crippen molar-refractivity contribution in [2.45, 2.75) is 33.6 Å². The fraction of sp³-hybridized carbons (Fsp3) is 0.250. The molecule has 0 aliphatic heterocycles. The van der Waals surface area contributed by atoms with Crippen LogP contribution in [0.1, 0.15) is 35.9 Å². The number of aryl methyl sites for hydroxylation is 1. The third kappa shape index (κ3) is 2.77. The van der Waals surface area contributed by atoms with Gasteiger partial charge in [-0.1, -0.05) is 73.7 Å². The van der Waals surface area contributed by atoms with E-state index in [1.54, 1.807) is 0 Å². The monoisotopic (exact) mass is 323 g/mol. The molecule has 118 valence electrons. The Hall–Kier alpha value is -2.13. The number of rotatable bonds is 3. The van der Waals surface area contributed by atoms with E-state index in [0.717, 1.165) is 27.4 Å². The first-order valence-electron chi connectivity index (χ1n) is 7.88. The maximum Gasteiger partial charge on any atom is 0.312 e. The van der Waals surface area contributed by atoms with Gasteiger partial charge in [0.1, 0.15) is 0 Å². The Bertz CT molecular complexity index is 888. The van der Waals surface area contributed by atoms with Crippen LogP contribution in [0.5, 0.6) is 0 Å². The van der Waals surface area contributed by atoms with Crippen LogP contribution in [0.25, 0.3) is 16.8 Å². The number of nitrogens with zero attached hydrogens (tertiary/aromatic N) is 1. The van der Waals surface area contributed by atoms with Gasteiger partial charge in [0.25, 0.3) is 0 Å². The molecular weight excluding hydrogens is 302 g/mol. The van der Waals surface area contributed by atoms with Crippen molar-refractivity contribution in [2.75, 3.05) is 0 Å². The van der Waals surface area contributed by atoms with Crippen molar-refractivity contribution in [1.29, 1.82) is 0 Å². The largest absolute Gasteiger partial charge is 0.312 e. The summed E-state index contributed by atoms with van der Waals surface area (Å²) in [7, 11) is 0. The summed E-state index contributed by atoms with van der Waals surface area (Å²) in [4.78, 5) is 13.8. The molecule has 3 aromatic rings. The summed E-state index contributed by atoms with van der Waals surface area (Å²) in [6.07, 6.45) is 0. The predicted octanol–water partition coefficient (Wildman–Crippen LogP) is 5.31. The van der Waals surface area contributed by atoms with Crippen molar-refractivity contribution < 1.29 is 0 Å². The van der Waals surface area contributed by atoms with E-state index in [9.17, 15) is 4.79 Å². The maximum atomic E-state index is 12.6. The Balaban J connectivity index is 2.40. The molecule has 3 rings (SSSR count). The van der Waals surface area contributed by atoms with Gasteiger partial charge < -0.3 is 0 Å². The van der Waals surface area contributed by atoms with Crippen LogP contribution in [0.2, 0.25) is 0 Å². The summed E-state index contributed by atoms with van der Waals surface area (Å²) < 4.78 is 1.89. The van der Waals surface area contributed by atoms with Crippen LogP contribution in [0.3, 0.4) is 0 Å². The van der Waals surface area contributed by atoms with Crippen LogP contribution in [-0.4, -0.2) is 4.57 Å². The summed E-state index contributed by atoms with van der Waals surface area (Å²) in [5.41, 5.74) is 5.51. The highest BCUT2D eigenvalue weighted by atomic mass is 32.1. The molecule has 2 nitrogen and oxygen atoms in total. The second-order valence-corrected chi connectivity index (χ2v) is 7.27. The number of aromatic nitrogens is 1. The fourth-order valence-corrected chi connectivity index (χ4v) is 3.75. The highest BCUT2D eigenvalue weighted by Gasteiger charge is 2.19. The molecule has 2 aromatic carbocycles. The molecule has 0 radical (unpaired) electrons. The highest BCUT2D eigenvalue weighted by Crippen LogP contribution is 2.34. The SMILES string of the molecule is Cc1sc(=O)n(-c2c(-c3ccccc3)cccc2C(C)C)c1C. The Morgan fingerprint density at radius 2 is 1.65 bits per heavy atom. The van der Waals surface area contributed by atoms with Gasteiger partial charge in [-0.25, -0.2) is 0 Å². The molecular formula is C20H21NOS. The average Bonchev–Trinajstić information content (AvgIpc) is 2.80. The van der Waals surface area contributed by atoms with Crippen LogP contribution in [0.4, 0.5) is 0 Å². The molecule has 3 heteroatoms. The van der Waals surface area contributed by atoms with E-state index in [-0.39, 0.29) is 4.87 Å². The molecule has 0 amide bonds. The van der Waals surface area contributed by atoms with E-state index < -0.39 is 0 Å². The summed E-state index contributed by atoms with van der Waals surface area (Å²) in [5, 5.41) is 0. The van der Waals surface area contributed by atoms with E-state index >= 15 is 0 Å². The molecule has 0 saturated carbocycles. The highest BCUT2D eigenvalue weighted by molar-refractivity contribution is 7.09. The molecule has 0 aliphatic carbocycles. The minimum atomic E-state index is 0.0882. The van der Waals surface area contributed by atoms with E-state index in [1.807, 2.05) is 36.6 Å². The average molecular weight is 323 g/mol. The Labute approximate surface area is 141 Å². The van der Waals surface area contributed by atoms with Crippen LogP contribution in [0, 0.1) is 13.8 Å². The van der Waals surface area contributed by atoms with Gasteiger partial charge in [0.2, 0.25) is 0 Å². The van der Waals surface area contributed by atoms with Gasteiger partial charge in [-0.05, 0) is 30.9 Å². The lowest BCUT2D eigenvalue weighted by Crippen LogP contribution is -2.16. The number of para-hydroxylation sites is 1. The number of benzene rings is 2. The lowest BCUT2D eigenvalue weighted by molar-refractivity contribution is 0.837. The fourth-order valence-electron chi connectivity index (χ4n) is 2.93. The van der Waals surface area contributed by atoms with Gasteiger partial charge in [-0.15, -0.1) is 0 Å². The molecule has 0 aliphatic rings. The van der Waals surface area contributed by atoms with Crippen LogP contribution in [-0.2, 0) is 0 Å². The maximum absolute atomic E-state index is 12.6. The minimum absolute atomic E-state index is 0.0882. The Morgan fingerprint density at radius 3 is 2.22 bits per heavy atom. The van der Waals surface area contributed by atoms with Crippen LogP contribution >= 0.6 is 11.3 Å². The van der Waals surface area contributed by atoms with Crippen molar-refractivity contribution >= 4 is 11.3 Å². The van der Waals surface area contributed by atoms with Crippen molar-refractivity contribution in [3.8, 4) is 16.8 Å². The molecule has 0 spiro atoms. The van der Waals surface area contributed by atoms with Gasteiger partial charge >= 0.3 is 4.87 Å². The summed E-state index contributed by atoms with van der Waals surface area (Å²) >= 11 is 1.32. The standard InChI is InChI=1S/C20H21NOS/c1-13(2)17-11-8-12-18(16-9-6-5-7-10-16)19(17)21-14(3)15(4)23-20(21)22/h5-13H,1-4H3. The molecule has 1 aromatic heterocycles. The number of hydrogen-bond donors (Lipinski definition) is 0. The number of thiazole rings is 1. The zero-order chi connectivity index (χ0) is 16.6. The van der Waals surface area contributed by atoms with E-state index in [0.29, 0.717) is 5.92 Å². The van der Waals surface area contributed by atoms with E-state index in [4.69, 9.17) is 0 Å². The summed E-state index contributed by atoms with van der Waals surface area (Å²) in [5.74, 6) is 0.347. The van der Waals surface area contributed by atoms with Gasteiger partial charge in [-0.2, -0.15) is 0 Å². The summed E-state index contributed by atoms with van der Waals surface area (Å²) in [6.45, 7) is 8.39. The summed E-state index contributed by atoms with van der Waals surface area (Å²) in [6, 6.07) is 16.6. The van der Waals surface area contributed by atoms with Crippen molar-refractivity contribution in [3.63, 3.8) is 0 Å². The van der Waals surface area contributed by atoms with Crippen molar-refractivity contribution in [3.05, 3.63) is 74.3 Å². The molecule has 23 heavy (non-hydrogen) atoms. The molecule has 0 atom stereocenters. The van der Waals surface area contributed by atoms with Crippen LogP contribution in [0.15, 0.2) is 53.3 Å². The quantitative estimate of drug-likeness (QED) is 0.640. The van der Waals surface area contributed by atoms with Gasteiger partial charge in [-0.3, -0.25) is 9.36 Å². The topological polar surface area (TPSA) is 22.0 Å². The molecule has 0 fully saturated rings. The van der Waals surface area contributed by atoms with Gasteiger partial charge in [0.05, 0.1) is 5.69 Å². The molecule has 0 bridgehead atoms. The molecule has 0 unspecified atom stereocenters. The normalized spacial score (nSPS) is 11.2. The van der Waals surface area contributed by atoms with Gasteiger partial charge in [0.15, 0.2) is 0 Å². The van der Waals surface area contributed by atoms with Crippen molar-refractivity contribution in [1.82, 2.24) is 4.57 Å². The van der Waals surface area contributed by atoms with E-state index in [1.165, 1.54) is 16.9 Å². The zero-order valence-corrected chi connectivity index (χ0v) is 14.8. The second-order valence-electron chi connectivity index (χ2n) is 6.11. The van der Waals surface area contributed by atoms with Crippen molar-refractivity contribution in [2.24, 2.45) is 0 Å². The Kier molecular flexibility index (Phi) is 4.22. The second kappa shape index (κ2) is 6.17. The lowest BCUT2D eigenvalue weighted by atomic mass is 9.94. The Morgan fingerprint density at radius 1 is 0.957 bits per heavy atom.